The van der Waals surface area contributed by atoms with E-state index in [9.17, 15) is 9.59 Å². The fraction of sp³-hybridized carbons (Fsp3) is 0.226. The lowest BCUT2D eigenvalue weighted by atomic mass is 9.67. The summed E-state index contributed by atoms with van der Waals surface area (Å²) in [5.41, 5.74) is 6.76. The molecule has 0 radical (unpaired) electrons. The van der Waals surface area contributed by atoms with Crippen molar-refractivity contribution in [1.82, 2.24) is 5.32 Å². The Morgan fingerprint density at radius 2 is 1.03 bits per heavy atom. The quantitative estimate of drug-likeness (QED) is 0.448. The lowest BCUT2D eigenvalue weighted by molar-refractivity contribution is -0.117. The molecule has 0 bridgehead atoms. The maximum atomic E-state index is 13.7. The molecule has 6 rings (SSSR count). The van der Waals surface area contributed by atoms with Crippen LogP contribution in [0.3, 0.4) is 0 Å². The molecule has 0 spiro atoms. The third kappa shape index (κ3) is 4.04. The first-order chi connectivity index (χ1) is 17.1. The molecule has 1 aliphatic heterocycles. The summed E-state index contributed by atoms with van der Waals surface area (Å²) in [4.78, 5) is 27.3. The van der Waals surface area contributed by atoms with E-state index < -0.39 is 0 Å². The number of carbonyl (C=O) groups excluding carboxylic acids is 2. The molecule has 0 saturated heterocycles. The van der Waals surface area contributed by atoms with Crippen LogP contribution in [0.2, 0.25) is 5.02 Å². The van der Waals surface area contributed by atoms with Gasteiger partial charge in [-0.15, -0.1) is 0 Å². The molecule has 1 unspecified atom stereocenters. The molecule has 0 fully saturated rings. The Hall–Kier alpha value is -3.43. The molecule has 1 N–H and O–H groups in total. The number of carbonyl (C=O) groups is 2. The molecule has 3 nitrogen and oxygen atoms in total. The minimum Gasteiger partial charge on any atom is -0.362 e. The smallest absolute Gasteiger partial charge is 0.162 e. The highest BCUT2D eigenvalue weighted by atomic mass is 35.5. The number of rotatable bonds is 3. The second-order valence-electron chi connectivity index (χ2n) is 9.77. The second kappa shape index (κ2) is 8.98. The number of hydrogen-bond donors (Lipinski definition) is 1. The van der Waals surface area contributed by atoms with Crippen molar-refractivity contribution in [3.05, 3.63) is 129 Å². The molecule has 1 heterocycles. The van der Waals surface area contributed by atoms with Crippen molar-refractivity contribution in [2.75, 3.05) is 0 Å². The van der Waals surface area contributed by atoms with Gasteiger partial charge in [-0.25, -0.2) is 0 Å². The first-order valence-electron chi connectivity index (χ1n) is 12.2. The number of benzene rings is 3. The first kappa shape index (κ1) is 22.1. The summed E-state index contributed by atoms with van der Waals surface area (Å²) in [6, 6.07) is 28.1. The number of Topliss-reactive ketones (excluding diaryl/α,β-unsaturated/α-hetero) is 2. The minimum atomic E-state index is -0.341. The Morgan fingerprint density at radius 3 is 1.49 bits per heavy atom. The number of dihydropyridines is 1. The van der Waals surface area contributed by atoms with Crippen LogP contribution in [-0.2, 0) is 9.59 Å². The van der Waals surface area contributed by atoms with Crippen LogP contribution in [0.4, 0.5) is 0 Å². The van der Waals surface area contributed by atoms with Crippen LogP contribution in [0.25, 0.3) is 0 Å². The molecule has 0 saturated carbocycles. The van der Waals surface area contributed by atoms with Gasteiger partial charge >= 0.3 is 0 Å². The van der Waals surface area contributed by atoms with E-state index in [1.54, 1.807) is 0 Å². The Kier molecular flexibility index (Phi) is 5.66. The van der Waals surface area contributed by atoms with Crippen molar-refractivity contribution in [2.24, 2.45) is 0 Å². The van der Waals surface area contributed by atoms with E-state index in [0.717, 1.165) is 40.9 Å². The second-order valence-corrected chi connectivity index (χ2v) is 10.2. The predicted molar refractivity (Wildman–Crippen MR) is 138 cm³/mol. The first-order valence-corrected chi connectivity index (χ1v) is 12.6. The van der Waals surface area contributed by atoms with Crippen LogP contribution in [0, 0.1) is 0 Å². The highest BCUT2D eigenvalue weighted by molar-refractivity contribution is 6.30. The molecule has 0 aromatic heterocycles. The maximum absolute atomic E-state index is 13.7. The molecule has 35 heavy (non-hydrogen) atoms. The topological polar surface area (TPSA) is 46.2 Å². The third-order valence-electron chi connectivity index (χ3n) is 7.64. The molecule has 3 aliphatic rings. The molecule has 4 heteroatoms. The van der Waals surface area contributed by atoms with Crippen molar-refractivity contribution < 1.29 is 9.59 Å². The molecule has 174 valence electrons. The van der Waals surface area contributed by atoms with E-state index in [1.807, 2.05) is 60.7 Å². The maximum Gasteiger partial charge on any atom is 0.162 e. The third-order valence-corrected chi connectivity index (χ3v) is 7.89. The lowest BCUT2D eigenvalue weighted by Crippen LogP contribution is -2.38. The van der Waals surface area contributed by atoms with E-state index in [0.29, 0.717) is 17.9 Å². The van der Waals surface area contributed by atoms with Gasteiger partial charge in [0, 0.05) is 46.3 Å². The Morgan fingerprint density at radius 1 is 0.571 bits per heavy atom. The summed E-state index contributed by atoms with van der Waals surface area (Å²) >= 11 is 6.19. The summed E-state index contributed by atoms with van der Waals surface area (Å²) in [7, 11) is 0. The number of nitrogens with one attached hydrogen (secondary N) is 1. The van der Waals surface area contributed by atoms with Crippen LogP contribution in [0.15, 0.2) is 107 Å². The molecular weight excluding hydrogens is 454 g/mol. The van der Waals surface area contributed by atoms with Crippen LogP contribution >= 0.6 is 11.6 Å². The fourth-order valence-corrected chi connectivity index (χ4v) is 6.13. The molecule has 3 aromatic carbocycles. The number of allylic oxidation sites excluding steroid dienone is 4. The molecule has 3 atom stereocenters. The Balaban J connectivity index is 1.44. The lowest BCUT2D eigenvalue weighted by Gasteiger charge is -2.40. The minimum absolute atomic E-state index is 0.122. The zero-order valence-electron chi connectivity index (χ0n) is 19.3. The van der Waals surface area contributed by atoms with Crippen LogP contribution in [0.5, 0.6) is 0 Å². The van der Waals surface area contributed by atoms with Gasteiger partial charge in [-0.2, -0.15) is 0 Å². The zero-order chi connectivity index (χ0) is 23.9. The largest absolute Gasteiger partial charge is 0.362 e. The average Bonchev–Trinajstić information content (AvgIpc) is 2.89. The van der Waals surface area contributed by atoms with E-state index in [1.165, 1.54) is 11.1 Å². The van der Waals surface area contributed by atoms with Crippen molar-refractivity contribution in [2.45, 2.75) is 43.4 Å². The normalized spacial score (nSPS) is 24.1. The van der Waals surface area contributed by atoms with E-state index in [-0.39, 0.29) is 29.3 Å². The van der Waals surface area contributed by atoms with E-state index in [2.05, 4.69) is 29.6 Å². The van der Waals surface area contributed by atoms with Gasteiger partial charge in [0.2, 0.25) is 0 Å². The fourth-order valence-electron chi connectivity index (χ4n) is 6.01. The predicted octanol–water partition coefficient (Wildman–Crippen LogP) is 6.83. The van der Waals surface area contributed by atoms with Crippen molar-refractivity contribution in [3.63, 3.8) is 0 Å². The molecular formula is C31H26ClNO2. The van der Waals surface area contributed by atoms with Gasteiger partial charge in [0.15, 0.2) is 11.6 Å². The highest BCUT2D eigenvalue weighted by Crippen LogP contribution is 2.49. The van der Waals surface area contributed by atoms with Gasteiger partial charge in [-0.3, -0.25) is 9.59 Å². The van der Waals surface area contributed by atoms with Crippen molar-refractivity contribution >= 4 is 23.2 Å². The summed E-state index contributed by atoms with van der Waals surface area (Å²) in [6.45, 7) is 0. The number of hydrogen-bond acceptors (Lipinski definition) is 3. The van der Waals surface area contributed by atoms with Gasteiger partial charge in [-0.1, -0.05) is 84.4 Å². The Bertz CT molecular complexity index is 1270. The van der Waals surface area contributed by atoms with Gasteiger partial charge < -0.3 is 5.32 Å². The van der Waals surface area contributed by atoms with Crippen LogP contribution in [-0.4, -0.2) is 11.6 Å². The summed E-state index contributed by atoms with van der Waals surface area (Å²) in [6.07, 6.45) is 2.43. The Labute approximate surface area is 210 Å². The molecule has 0 amide bonds. The SMILES string of the molecule is O=C1C[C@@H](c2ccccc2)CC2=C1C(c1ccc(Cl)cc1)C1=C(C[C@@H](c3ccccc3)CC1=O)N2. The van der Waals surface area contributed by atoms with Crippen molar-refractivity contribution in [3.8, 4) is 0 Å². The monoisotopic (exact) mass is 479 g/mol. The summed E-state index contributed by atoms with van der Waals surface area (Å²) < 4.78 is 0. The summed E-state index contributed by atoms with van der Waals surface area (Å²) in [5.74, 6) is 0.167. The zero-order valence-corrected chi connectivity index (χ0v) is 20.1. The highest BCUT2D eigenvalue weighted by Gasteiger charge is 2.43. The van der Waals surface area contributed by atoms with Crippen molar-refractivity contribution in [1.29, 1.82) is 0 Å². The standard InChI is InChI=1S/C31H26ClNO2/c32-24-13-11-21(12-14-24)29-30-25(15-22(17-27(30)34)19-7-3-1-4-8-19)33-26-16-23(18-28(35)31(26)29)20-9-5-2-6-10-20/h1-14,22-23,29,33H,15-18H2/t22-,23+,29?. The van der Waals surface area contributed by atoms with E-state index >= 15 is 0 Å². The van der Waals surface area contributed by atoms with Gasteiger partial charge in [0.1, 0.15) is 0 Å². The summed E-state index contributed by atoms with van der Waals surface area (Å²) in [5, 5.41) is 4.26. The van der Waals surface area contributed by atoms with E-state index in [4.69, 9.17) is 11.6 Å². The van der Waals surface area contributed by atoms with Crippen LogP contribution < -0.4 is 5.32 Å². The van der Waals surface area contributed by atoms with Gasteiger partial charge in [0.25, 0.3) is 0 Å². The van der Waals surface area contributed by atoms with Gasteiger partial charge in [0.05, 0.1) is 0 Å². The van der Waals surface area contributed by atoms with Gasteiger partial charge in [-0.05, 0) is 53.5 Å². The van der Waals surface area contributed by atoms with Crippen LogP contribution in [0.1, 0.15) is 60.1 Å². The number of halogens is 1. The molecule has 3 aromatic rings. The number of ketones is 2. The molecule has 2 aliphatic carbocycles. The average molecular weight is 480 g/mol.